The highest BCUT2D eigenvalue weighted by atomic mass is 32.2. The molecule has 0 unspecified atom stereocenters. The van der Waals surface area contributed by atoms with Gasteiger partial charge in [-0.1, -0.05) is 29.5 Å². The number of hydrogen-bond donors (Lipinski definition) is 2. The molecule has 0 aliphatic rings. The Kier molecular flexibility index (Phi) is 5.28. The Bertz CT molecular complexity index is 824. The topological polar surface area (TPSA) is 103 Å². The van der Waals surface area contributed by atoms with Gasteiger partial charge < -0.3 is 11.2 Å². The van der Waals surface area contributed by atoms with Crippen molar-refractivity contribution in [2.45, 2.75) is 45.0 Å². The lowest BCUT2D eigenvalue weighted by atomic mass is 10.1. The summed E-state index contributed by atoms with van der Waals surface area (Å²) in [6.45, 7) is 9.19. The van der Waals surface area contributed by atoms with Crippen LogP contribution in [0, 0.1) is 27.7 Å². The van der Waals surface area contributed by atoms with E-state index in [2.05, 4.69) is 15.5 Å². The van der Waals surface area contributed by atoms with E-state index in [0.717, 1.165) is 38.8 Å². The van der Waals surface area contributed by atoms with Crippen molar-refractivity contribution in [2.75, 3.05) is 11.2 Å². The van der Waals surface area contributed by atoms with E-state index in [1.54, 1.807) is 6.92 Å². The Morgan fingerprint density at radius 1 is 1.21 bits per heavy atom. The van der Waals surface area contributed by atoms with Gasteiger partial charge in [0.15, 0.2) is 0 Å². The third-order valence-corrected chi connectivity index (χ3v) is 4.65. The molecule has 2 aromatic rings. The zero-order valence-corrected chi connectivity index (χ0v) is 15.2. The lowest BCUT2D eigenvalue weighted by Crippen LogP contribution is -2.33. The van der Waals surface area contributed by atoms with Crippen molar-refractivity contribution in [3.8, 4) is 0 Å². The minimum Gasteiger partial charge on any atom is -0.334 e. The van der Waals surface area contributed by atoms with E-state index in [9.17, 15) is 9.59 Å². The van der Waals surface area contributed by atoms with E-state index in [4.69, 9.17) is 5.84 Å². The van der Waals surface area contributed by atoms with Crippen molar-refractivity contribution in [1.82, 2.24) is 14.9 Å². The van der Waals surface area contributed by atoms with E-state index in [1.807, 2.05) is 32.9 Å². The molecule has 0 fully saturated rings. The predicted molar refractivity (Wildman–Crippen MR) is 95.8 cm³/mol. The van der Waals surface area contributed by atoms with Crippen molar-refractivity contribution in [2.24, 2.45) is 0 Å². The Hall–Kier alpha value is -2.35. The average Bonchev–Trinajstić information content (AvgIpc) is 2.51. The fourth-order valence-corrected chi connectivity index (χ4v) is 3.13. The summed E-state index contributed by atoms with van der Waals surface area (Å²) in [4.78, 5) is 24.2. The molecular formula is C16H21N5O2S. The summed E-state index contributed by atoms with van der Waals surface area (Å²) < 4.78 is 0.916. The molecule has 0 aliphatic carbocycles. The third kappa shape index (κ3) is 3.76. The van der Waals surface area contributed by atoms with Crippen LogP contribution in [0.15, 0.2) is 22.1 Å². The van der Waals surface area contributed by atoms with Crippen LogP contribution in [-0.4, -0.2) is 26.0 Å². The van der Waals surface area contributed by atoms with Gasteiger partial charge >= 0.3 is 0 Å². The molecule has 1 aromatic carbocycles. The van der Waals surface area contributed by atoms with Crippen molar-refractivity contribution in [1.29, 1.82) is 0 Å². The van der Waals surface area contributed by atoms with Crippen LogP contribution in [-0.2, 0) is 4.79 Å². The van der Waals surface area contributed by atoms with Gasteiger partial charge in [-0.3, -0.25) is 9.59 Å². The first-order valence-electron chi connectivity index (χ1n) is 7.47. The summed E-state index contributed by atoms with van der Waals surface area (Å²) in [5.41, 5.74) is 3.74. The van der Waals surface area contributed by atoms with E-state index < -0.39 is 10.8 Å². The normalized spacial score (nSPS) is 12.0. The number of nitrogens with one attached hydrogen (secondary N) is 1. The van der Waals surface area contributed by atoms with Crippen LogP contribution in [0.2, 0.25) is 0 Å². The average molecular weight is 347 g/mol. The summed E-state index contributed by atoms with van der Waals surface area (Å²) >= 11 is 1.09. The first-order valence-corrected chi connectivity index (χ1v) is 8.35. The van der Waals surface area contributed by atoms with Crippen LogP contribution in [0.5, 0.6) is 0 Å². The maximum absolute atomic E-state index is 12.5. The SMILES string of the molecule is Cc1cc(C)c(NC(=O)[C@H](C)Sc2nnc(C)c(=O)n2N)c(C)c1. The second-order valence-corrected chi connectivity index (χ2v) is 7.07. The van der Waals surface area contributed by atoms with Gasteiger partial charge in [0.1, 0.15) is 5.69 Å². The monoisotopic (exact) mass is 347 g/mol. The maximum atomic E-state index is 12.5. The van der Waals surface area contributed by atoms with Gasteiger partial charge in [-0.25, -0.2) is 0 Å². The van der Waals surface area contributed by atoms with Gasteiger partial charge in [0.2, 0.25) is 11.1 Å². The fourth-order valence-electron chi connectivity index (χ4n) is 2.36. The minimum absolute atomic E-state index is 0.190. The van der Waals surface area contributed by atoms with Gasteiger partial charge in [0.25, 0.3) is 5.56 Å². The number of thioether (sulfide) groups is 1. The number of hydrogen-bond acceptors (Lipinski definition) is 6. The molecule has 0 radical (unpaired) electrons. The number of carbonyl (C=O) groups is 1. The highest BCUT2D eigenvalue weighted by molar-refractivity contribution is 8.00. The van der Waals surface area contributed by atoms with Crippen LogP contribution in [0.1, 0.15) is 29.3 Å². The van der Waals surface area contributed by atoms with Crippen molar-refractivity contribution in [3.63, 3.8) is 0 Å². The van der Waals surface area contributed by atoms with Crippen LogP contribution >= 0.6 is 11.8 Å². The highest BCUT2D eigenvalue weighted by Crippen LogP contribution is 2.24. The van der Waals surface area contributed by atoms with Gasteiger partial charge in [-0.05, 0) is 45.7 Å². The molecule has 7 nitrogen and oxygen atoms in total. The predicted octanol–water partition coefficient (Wildman–Crippen LogP) is 1.71. The standard InChI is InChI=1S/C16H21N5O2S/c1-8-6-9(2)13(10(3)7-8)18-14(22)12(5)24-16-20-19-11(4)15(23)21(16)17/h6-7,12H,17H2,1-5H3,(H,18,22)/t12-/m0/s1. The molecule has 8 heteroatoms. The van der Waals surface area contributed by atoms with Gasteiger partial charge in [-0.2, -0.15) is 4.68 Å². The molecular weight excluding hydrogens is 326 g/mol. The number of rotatable bonds is 4. The molecule has 0 aliphatic heterocycles. The molecule has 0 saturated heterocycles. The van der Waals surface area contributed by atoms with Crippen LogP contribution in [0.3, 0.4) is 0 Å². The van der Waals surface area contributed by atoms with Crippen LogP contribution in [0.25, 0.3) is 0 Å². The summed E-state index contributed by atoms with van der Waals surface area (Å²) in [5, 5.41) is 10.3. The Balaban J connectivity index is 2.17. The van der Waals surface area contributed by atoms with Crippen molar-refractivity contribution >= 4 is 23.4 Å². The number of aryl methyl sites for hydroxylation is 4. The Labute approximate surface area is 144 Å². The molecule has 0 spiro atoms. The first kappa shape index (κ1) is 18.0. The molecule has 0 saturated carbocycles. The first-order chi connectivity index (χ1) is 11.2. The van der Waals surface area contributed by atoms with E-state index >= 15 is 0 Å². The number of carbonyl (C=O) groups excluding carboxylic acids is 1. The minimum atomic E-state index is -0.490. The zero-order valence-electron chi connectivity index (χ0n) is 14.4. The highest BCUT2D eigenvalue weighted by Gasteiger charge is 2.19. The molecule has 1 atom stereocenters. The molecule has 2 rings (SSSR count). The number of anilines is 1. The van der Waals surface area contributed by atoms with Crippen molar-refractivity contribution in [3.05, 3.63) is 44.9 Å². The summed E-state index contributed by atoms with van der Waals surface area (Å²) in [6.07, 6.45) is 0. The summed E-state index contributed by atoms with van der Waals surface area (Å²) in [5.74, 6) is 5.51. The molecule has 24 heavy (non-hydrogen) atoms. The third-order valence-electron chi connectivity index (χ3n) is 3.60. The van der Waals surface area contributed by atoms with Gasteiger partial charge in [0, 0.05) is 5.69 Å². The van der Waals surface area contributed by atoms with Crippen LogP contribution in [0.4, 0.5) is 5.69 Å². The number of nitrogens with two attached hydrogens (primary N) is 1. The molecule has 1 heterocycles. The van der Waals surface area contributed by atoms with Gasteiger partial charge in [-0.15, -0.1) is 10.2 Å². The maximum Gasteiger partial charge on any atom is 0.294 e. The van der Waals surface area contributed by atoms with Crippen LogP contribution < -0.4 is 16.7 Å². The largest absolute Gasteiger partial charge is 0.334 e. The molecule has 128 valence electrons. The zero-order chi connectivity index (χ0) is 18.0. The second-order valence-electron chi connectivity index (χ2n) is 5.77. The Morgan fingerprint density at radius 3 is 2.38 bits per heavy atom. The van der Waals surface area contributed by atoms with Gasteiger partial charge in [0.05, 0.1) is 5.25 Å². The Morgan fingerprint density at radius 2 is 1.79 bits per heavy atom. The van der Waals surface area contributed by atoms with E-state index in [-0.39, 0.29) is 16.8 Å². The smallest absolute Gasteiger partial charge is 0.294 e. The quantitative estimate of drug-likeness (QED) is 0.645. The molecule has 3 N–H and O–H groups in total. The number of benzene rings is 1. The second kappa shape index (κ2) is 7.04. The number of aromatic nitrogens is 3. The fraction of sp³-hybridized carbons (Fsp3) is 0.375. The molecule has 0 bridgehead atoms. The summed E-state index contributed by atoms with van der Waals surface area (Å²) in [6, 6.07) is 4.03. The summed E-state index contributed by atoms with van der Waals surface area (Å²) in [7, 11) is 0. The van der Waals surface area contributed by atoms with Crippen molar-refractivity contribution < 1.29 is 4.79 Å². The lowest BCUT2D eigenvalue weighted by Gasteiger charge is -2.16. The van der Waals surface area contributed by atoms with E-state index in [1.165, 1.54) is 6.92 Å². The van der Waals surface area contributed by atoms with E-state index in [0.29, 0.717) is 0 Å². The number of amides is 1. The number of nitrogen functional groups attached to an aromatic ring is 1. The number of nitrogens with zero attached hydrogens (tertiary/aromatic N) is 3. The molecule has 1 aromatic heterocycles. The molecule has 1 amide bonds. The lowest BCUT2D eigenvalue weighted by molar-refractivity contribution is -0.115.